The molecule has 1 fully saturated rings. The number of aromatic nitrogens is 3. The molecular weight excluding hydrogens is 724 g/mol. The molecular formula is C36H31ClN8O7S. The Labute approximate surface area is 311 Å². The van der Waals surface area contributed by atoms with E-state index in [1.807, 2.05) is 37.5 Å². The van der Waals surface area contributed by atoms with Gasteiger partial charge in [-0.25, -0.2) is 4.99 Å². The summed E-state index contributed by atoms with van der Waals surface area (Å²) in [6, 6.07) is 10.5. The molecule has 1 atom stereocenters. The molecule has 53 heavy (non-hydrogen) atoms. The number of imide groups is 2. The predicted octanol–water partition coefficient (Wildman–Crippen LogP) is 2.81. The van der Waals surface area contributed by atoms with Crippen molar-refractivity contribution in [2.45, 2.75) is 39.7 Å². The van der Waals surface area contributed by atoms with E-state index in [9.17, 15) is 28.8 Å². The summed E-state index contributed by atoms with van der Waals surface area (Å²) >= 11 is 7.77. The van der Waals surface area contributed by atoms with Gasteiger partial charge in [-0.05, 0) is 57.0 Å². The molecule has 4 aromatic rings. The number of nitrogens with one attached hydrogen (secondary N) is 3. The minimum Gasteiger partial charge on any atom is -0.483 e. The van der Waals surface area contributed by atoms with Crippen LogP contribution < -0.4 is 20.7 Å². The summed E-state index contributed by atoms with van der Waals surface area (Å²) in [5.74, 6) is -2.63. The quantitative estimate of drug-likeness (QED) is 0.131. The molecule has 0 spiro atoms. The van der Waals surface area contributed by atoms with Crippen molar-refractivity contribution in [3.8, 4) is 10.8 Å². The van der Waals surface area contributed by atoms with E-state index in [1.54, 1.807) is 23.5 Å². The van der Waals surface area contributed by atoms with E-state index in [-0.39, 0.29) is 42.8 Å². The monoisotopic (exact) mass is 754 g/mol. The van der Waals surface area contributed by atoms with Crippen molar-refractivity contribution in [1.29, 1.82) is 0 Å². The van der Waals surface area contributed by atoms with Crippen LogP contribution in [0.15, 0.2) is 53.5 Å². The molecule has 17 heteroatoms. The van der Waals surface area contributed by atoms with Crippen LogP contribution in [0, 0.1) is 20.8 Å². The highest BCUT2D eigenvalue weighted by Gasteiger charge is 2.46. The topological polar surface area (TPSA) is 194 Å². The normalized spacial score (nSPS) is 17.1. The third-order valence-electron chi connectivity index (χ3n) is 9.01. The fourth-order valence-corrected chi connectivity index (χ4v) is 7.65. The smallest absolute Gasteiger partial charge is 0.266 e. The lowest BCUT2D eigenvalue weighted by Crippen LogP contribution is -2.54. The van der Waals surface area contributed by atoms with Crippen molar-refractivity contribution in [2.75, 3.05) is 19.7 Å². The Balaban J connectivity index is 0.998. The molecule has 270 valence electrons. The molecule has 0 bridgehead atoms. The number of fused-ring (bicyclic) bond motifs is 4. The number of nitrogens with zero attached hydrogens (tertiary/aromatic N) is 5. The van der Waals surface area contributed by atoms with Crippen molar-refractivity contribution in [2.24, 2.45) is 4.99 Å². The third-order valence-corrected chi connectivity index (χ3v) is 10.5. The Morgan fingerprint density at radius 3 is 2.51 bits per heavy atom. The number of ether oxygens (including phenoxy) is 1. The lowest BCUT2D eigenvalue weighted by molar-refractivity contribution is -0.136. The van der Waals surface area contributed by atoms with Crippen molar-refractivity contribution in [3.05, 3.63) is 97.9 Å². The zero-order valence-electron chi connectivity index (χ0n) is 28.6. The van der Waals surface area contributed by atoms with Crippen LogP contribution in [0.2, 0.25) is 5.02 Å². The van der Waals surface area contributed by atoms with Crippen LogP contribution in [0.3, 0.4) is 0 Å². The molecule has 3 aliphatic rings. The number of hydrogen-bond donors (Lipinski definition) is 3. The molecule has 6 amide bonds. The van der Waals surface area contributed by atoms with Gasteiger partial charge in [0.1, 0.15) is 28.3 Å². The molecule has 0 saturated carbocycles. The number of carbonyl (C=O) groups is 6. The number of piperidine rings is 1. The highest BCUT2D eigenvalue weighted by molar-refractivity contribution is 7.15. The predicted molar refractivity (Wildman–Crippen MR) is 193 cm³/mol. The summed E-state index contributed by atoms with van der Waals surface area (Å²) in [7, 11) is 0. The number of aliphatic imine (C=N–C) groups is 1. The summed E-state index contributed by atoms with van der Waals surface area (Å²) in [4.78, 5) is 83.0. The number of aryl methyl sites for hydroxylation is 2. The van der Waals surface area contributed by atoms with Crippen LogP contribution in [-0.4, -0.2) is 86.6 Å². The van der Waals surface area contributed by atoms with Gasteiger partial charge in [-0.15, -0.1) is 21.5 Å². The van der Waals surface area contributed by atoms with Crippen LogP contribution in [0.1, 0.15) is 66.8 Å². The van der Waals surface area contributed by atoms with Crippen LogP contribution in [0.5, 0.6) is 5.75 Å². The van der Waals surface area contributed by atoms with E-state index in [1.165, 1.54) is 24.3 Å². The Morgan fingerprint density at radius 1 is 1.00 bits per heavy atom. The van der Waals surface area contributed by atoms with Gasteiger partial charge < -0.3 is 15.4 Å². The molecule has 0 aliphatic carbocycles. The van der Waals surface area contributed by atoms with Gasteiger partial charge in [-0.2, -0.15) is 0 Å². The number of amides is 6. The van der Waals surface area contributed by atoms with Crippen molar-refractivity contribution in [1.82, 2.24) is 35.6 Å². The molecule has 2 aromatic heterocycles. The highest BCUT2D eigenvalue weighted by Crippen LogP contribution is 2.39. The Hall–Kier alpha value is -6.00. The zero-order valence-corrected chi connectivity index (χ0v) is 30.2. The first-order valence-electron chi connectivity index (χ1n) is 16.5. The number of halogens is 1. The first-order valence-corrected chi connectivity index (χ1v) is 17.7. The lowest BCUT2D eigenvalue weighted by Gasteiger charge is -2.27. The van der Waals surface area contributed by atoms with E-state index in [4.69, 9.17) is 21.3 Å². The minimum absolute atomic E-state index is 0.00422. The molecule has 7 rings (SSSR count). The van der Waals surface area contributed by atoms with E-state index in [0.29, 0.717) is 28.1 Å². The molecule has 1 unspecified atom stereocenters. The van der Waals surface area contributed by atoms with Gasteiger partial charge in [0.2, 0.25) is 17.7 Å². The number of hydrogen-bond acceptors (Lipinski definition) is 11. The third kappa shape index (κ3) is 6.62. The molecule has 1 saturated heterocycles. The highest BCUT2D eigenvalue weighted by atomic mass is 35.5. The van der Waals surface area contributed by atoms with Gasteiger partial charge in [0.15, 0.2) is 12.4 Å². The Kier molecular flexibility index (Phi) is 9.48. The van der Waals surface area contributed by atoms with Gasteiger partial charge in [0, 0.05) is 46.6 Å². The van der Waals surface area contributed by atoms with Gasteiger partial charge >= 0.3 is 0 Å². The van der Waals surface area contributed by atoms with E-state index in [0.717, 1.165) is 31.5 Å². The molecule has 3 N–H and O–H groups in total. The largest absolute Gasteiger partial charge is 0.483 e. The summed E-state index contributed by atoms with van der Waals surface area (Å²) in [6.45, 7) is 5.53. The van der Waals surface area contributed by atoms with E-state index < -0.39 is 48.1 Å². The number of thiophene rings is 1. The standard InChI is InChI=1S/C36H31ClN8O7S/c1-17-18(2)53-36-29(17)31(20-7-9-21(37)10-8-20)40-23(32-43-42-19(3)44(32)36)15-27(47)38-13-14-39-28(48)16-52-25-6-4-5-22-30(25)35(51)45(34(22)50)24-11-12-26(46)41-33(24)49/h4-10,15,24H,11-14,16H2,1-3H3,(H,38,47)(H,39,48)(H,41,46,49)/b23-15+. The van der Waals surface area contributed by atoms with Crippen molar-refractivity contribution in [3.63, 3.8) is 0 Å². The minimum atomic E-state index is -1.13. The molecule has 0 radical (unpaired) electrons. The van der Waals surface area contributed by atoms with Gasteiger partial charge in [-0.3, -0.25) is 43.6 Å². The molecule has 5 heterocycles. The number of carbonyl (C=O) groups excluding carboxylic acids is 6. The molecule has 3 aliphatic heterocycles. The van der Waals surface area contributed by atoms with E-state index in [2.05, 4.69) is 26.1 Å². The maximum atomic E-state index is 13.3. The Morgan fingerprint density at radius 2 is 1.75 bits per heavy atom. The first-order chi connectivity index (χ1) is 25.4. The summed E-state index contributed by atoms with van der Waals surface area (Å²) in [5, 5.41) is 17.6. The van der Waals surface area contributed by atoms with Crippen molar-refractivity contribution < 1.29 is 33.5 Å². The fraction of sp³-hybridized carbons (Fsp3) is 0.250. The number of rotatable bonds is 9. The lowest BCUT2D eigenvalue weighted by atomic mass is 10.00. The average Bonchev–Trinajstić information content (AvgIpc) is 3.70. The summed E-state index contributed by atoms with van der Waals surface area (Å²) in [5.41, 5.74) is 3.69. The maximum absolute atomic E-state index is 13.3. The summed E-state index contributed by atoms with van der Waals surface area (Å²) < 4.78 is 7.52. The maximum Gasteiger partial charge on any atom is 0.266 e. The number of benzene rings is 2. The first kappa shape index (κ1) is 35.4. The van der Waals surface area contributed by atoms with Crippen LogP contribution in [0.25, 0.3) is 10.7 Å². The zero-order chi connectivity index (χ0) is 37.6. The van der Waals surface area contributed by atoms with Crippen molar-refractivity contribution >= 4 is 69.8 Å². The second-order valence-electron chi connectivity index (χ2n) is 12.4. The second-order valence-corrected chi connectivity index (χ2v) is 14.1. The van der Waals surface area contributed by atoms with Crippen LogP contribution in [-0.2, 0) is 19.2 Å². The van der Waals surface area contributed by atoms with Crippen LogP contribution in [0.4, 0.5) is 0 Å². The van der Waals surface area contributed by atoms with Gasteiger partial charge in [0.25, 0.3) is 17.7 Å². The second kappa shape index (κ2) is 14.2. The Bertz CT molecular complexity index is 2310. The SMILES string of the molecule is Cc1sc2c(c1C)C(c1ccc(Cl)cc1)=N/C(=C/C(=O)NCCNC(=O)COc1cccc3c1C(=O)N(C1CCC(=O)NC1=O)C3=O)c1nnc(C)n1-2. The summed E-state index contributed by atoms with van der Waals surface area (Å²) in [6.07, 6.45) is 1.34. The van der Waals surface area contributed by atoms with Crippen LogP contribution >= 0.6 is 22.9 Å². The molecule has 15 nitrogen and oxygen atoms in total. The average molecular weight is 755 g/mol. The van der Waals surface area contributed by atoms with E-state index >= 15 is 0 Å². The van der Waals surface area contributed by atoms with Gasteiger partial charge in [-0.1, -0.05) is 29.8 Å². The fourth-order valence-electron chi connectivity index (χ4n) is 6.32. The molecule has 2 aromatic carbocycles. The van der Waals surface area contributed by atoms with Gasteiger partial charge in [0.05, 0.1) is 16.8 Å².